The topological polar surface area (TPSA) is 54.5 Å². The number of hydrogen-bond donors (Lipinski definition) is 1. The molecule has 0 spiro atoms. The monoisotopic (exact) mass is 319 g/mol. The number of likely N-dealkylation sites (tertiary alicyclic amines) is 1. The molecule has 1 fully saturated rings. The Morgan fingerprint density at radius 3 is 2.91 bits per heavy atom. The molecule has 0 unspecified atom stereocenters. The summed E-state index contributed by atoms with van der Waals surface area (Å²) < 4.78 is 5.35. The summed E-state index contributed by atoms with van der Waals surface area (Å²) in [5, 5.41) is 2.83. The second kappa shape index (κ2) is 7.77. The second-order valence-electron chi connectivity index (χ2n) is 7.12. The van der Waals surface area contributed by atoms with Crippen LogP contribution < -0.4 is 5.32 Å². The quantitative estimate of drug-likeness (QED) is 0.895. The number of rotatable bonds is 4. The van der Waals surface area contributed by atoms with E-state index in [9.17, 15) is 4.79 Å². The second-order valence-corrected chi connectivity index (χ2v) is 7.12. The molecular formula is C18H29N3O2. The van der Waals surface area contributed by atoms with Gasteiger partial charge in [0.05, 0.1) is 0 Å². The fraction of sp³-hybridized carbons (Fsp3) is 0.667. The lowest BCUT2D eigenvalue weighted by Gasteiger charge is -2.36. The molecule has 1 saturated heterocycles. The minimum atomic E-state index is -0.516. The first-order valence-corrected chi connectivity index (χ1v) is 8.59. The fourth-order valence-corrected chi connectivity index (χ4v) is 3.09. The molecule has 0 saturated carbocycles. The highest BCUT2D eigenvalue weighted by Crippen LogP contribution is 2.34. The molecule has 1 atom stereocenters. The van der Waals surface area contributed by atoms with Crippen molar-refractivity contribution in [3.63, 3.8) is 0 Å². The molecule has 0 bridgehead atoms. The van der Waals surface area contributed by atoms with Crippen molar-refractivity contribution in [3.05, 3.63) is 23.9 Å². The number of ether oxygens (including phenoxy) is 1. The Hall–Kier alpha value is -1.62. The minimum absolute atomic E-state index is 0.322. The van der Waals surface area contributed by atoms with Crippen LogP contribution >= 0.6 is 0 Å². The Morgan fingerprint density at radius 1 is 1.43 bits per heavy atom. The third-order valence-corrected chi connectivity index (χ3v) is 3.94. The number of anilines is 1. The first kappa shape index (κ1) is 17.7. The van der Waals surface area contributed by atoms with Crippen molar-refractivity contribution >= 4 is 11.9 Å². The van der Waals surface area contributed by atoms with Gasteiger partial charge in [-0.15, -0.1) is 0 Å². The average Bonchev–Trinajstić information content (AvgIpc) is 2.47. The number of nitrogens with zero attached hydrogens (tertiary/aromatic N) is 2. The van der Waals surface area contributed by atoms with Crippen molar-refractivity contribution < 1.29 is 9.53 Å². The molecule has 2 rings (SSSR count). The molecule has 5 heteroatoms. The van der Waals surface area contributed by atoms with E-state index >= 15 is 0 Å². The zero-order chi connectivity index (χ0) is 16.9. The van der Waals surface area contributed by atoms with Crippen LogP contribution in [0.5, 0.6) is 0 Å². The third-order valence-electron chi connectivity index (χ3n) is 3.94. The van der Waals surface area contributed by atoms with E-state index in [4.69, 9.17) is 4.74 Å². The normalized spacial score (nSPS) is 19.4. The maximum absolute atomic E-state index is 12.1. The summed E-state index contributed by atoms with van der Waals surface area (Å²) >= 11 is 0. The van der Waals surface area contributed by atoms with Crippen LogP contribution in [0.25, 0.3) is 0 Å². The van der Waals surface area contributed by atoms with E-state index in [2.05, 4.69) is 28.2 Å². The van der Waals surface area contributed by atoms with E-state index < -0.39 is 11.7 Å². The summed E-state index contributed by atoms with van der Waals surface area (Å²) in [6.45, 7) is 9.96. The molecular weight excluding hydrogens is 290 g/mol. The number of aromatic nitrogens is 1. The van der Waals surface area contributed by atoms with Crippen LogP contribution in [-0.2, 0) is 4.74 Å². The summed E-state index contributed by atoms with van der Waals surface area (Å²) in [5.74, 6) is 0.620. The van der Waals surface area contributed by atoms with Crippen LogP contribution in [0, 0.1) is 0 Å². The standard InChI is InChI=1S/C18H29N3O2/c1-5-12-21-13-7-6-10-15(21)14-9-8-11-19-16(14)20-17(22)23-18(2,3)4/h8-9,11,15H,5-7,10,12-13H2,1-4H3,(H,19,20,22)/t15-/m1/s1. The molecule has 1 aromatic heterocycles. The number of amides is 1. The van der Waals surface area contributed by atoms with E-state index in [1.165, 1.54) is 12.8 Å². The number of piperidine rings is 1. The van der Waals surface area contributed by atoms with Crippen molar-refractivity contribution in [1.82, 2.24) is 9.88 Å². The molecule has 1 aliphatic heterocycles. The fourth-order valence-electron chi connectivity index (χ4n) is 3.09. The van der Waals surface area contributed by atoms with Crippen molar-refractivity contribution in [3.8, 4) is 0 Å². The summed E-state index contributed by atoms with van der Waals surface area (Å²) in [5.41, 5.74) is 0.574. The SMILES string of the molecule is CCCN1CCCC[C@@H]1c1cccnc1NC(=O)OC(C)(C)C. The maximum atomic E-state index is 12.1. The number of carbonyl (C=O) groups excluding carboxylic acids is 1. The Balaban J connectivity index is 2.17. The van der Waals surface area contributed by atoms with E-state index in [1.54, 1.807) is 6.20 Å². The van der Waals surface area contributed by atoms with Gasteiger partial charge in [0.25, 0.3) is 0 Å². The van der Waals surface area contributed by atoms with Gasteiger partial charge in [-0.25, -0.2) is 9.78 Å². The maximum Gasteiger partial charge on any atom is 0.413 e. The van der Waals surface area contributed by atoms with Crippen LogP contribution in [0.4, 0.5) is 10.6 Å². The number of carbonyl (C=O) groups is 1. The predicted molar refractivity (Wildman–Crippen MR) is 92.5 cm³/mol. The highest BCUT2D eigenvalue weighted by Gasteiger charge is 2.27. The van der Waals surface area contributed by atoms with Gasteiger partial charge in [-0.3, -0.25) is 10.2 Å². The highest BCUT2D eigenvalue weighted by atomic mass is 16.6. The van der Waals surface area contributed by atoms with Gasteiger partial charge < -0.3 is 4.74 Å². The van der Waals surface area contributed by atoms with E-state index in [1.807, 2.05) is 26.8 Å². The first-order chi connectivity index (χ1) is 10.9. The Kier molecular flexibility index (Phi) is 5.99. The van der Waals surface area contributed by atoms with Gasteiger partial charge in [0.1, 0.15) is 11.4 Å². The van der Waals surface area contributed by atoms with Crippen molar-refractivity contribution in [1.29, 1.82) is 0 Å². The van der Waals surface area contributed by atoms with Crippen LogP contribution in [-0.4, -0.2) is 34.7 Å². The van der Waals surface area contributed by atoms with Crippen molar-refractivity contribution in [2.75, 3.05) is 18.4 Å². The minimum Gasteiger partial charge on any atom is -0.444 e. The summed E-state index contributed by atoms with van der Waals surface area (Å²) in [6, 6.07) is 4.33. The highest BCUT2D eigenvalue weighted by molar-refractivity contribution is 5.84. The van der Waals surface area contributed by atoms with Gasteiger partial charge in [-0.05, 0) is 59.2 Å². The van der Waals surface area contributed by atoms with Crippen molar-refractivity contribution in [2.24, 2.45) is 0 Å². The predicted octanol–water partition coefficient (Wildman–Crippen LogP) is 4.37. The van der Waals surface area contributed by atoms with Crippen LogP contribution in [0.2, 0.25) is 0 Å². The largest absolute Gasteiger partial charge is 0.444 e. The van der Waals surface area contributed by atoms with Gasteiger partial charge in [-0.1, -0.05) is 19.4 Å². The molecule has 0 aromatic carbocycles. The lowest BCUT2D eigenvalue weighted by molar-refractivity contribution is 0.0634. The number of pyridine rings is 1. The lowest BCUT2D eigenvalue weighted by Crippen LogP contribution is -2.35. The summed E-state index contributed by atoms with van der Waals surface area (Å²) in [4.78, 5) is 19.0. The average molecular weight is 319 g/mol. The molecule has 1 amide bonds. The molecule has 5 nitrogen and oxygen atoms in total. The van der Waals surface area contributed by atoms with Crippen LogP contribution in [0.1, 0.15) is 65.0 Å². The van der Waals surface area contributed by atoms with Gasteiger partial charge in [-0.2, -0.15) is 0 Å². The summed E-state index contributed by atoms with van der Waals surface area (Å²) in [6.07, 6.45) is 5.95. The van der Waals surface area contributed by atoms with Gasteiger partial charge in [0.2, 0.25) is 0 Å². The lowest BCUT2D eigenvalue weighted by atomic mass is 9.95. The zero-order valence-electron chi connectivity index (χ0n) is 14.8. The van der Waals surface area contributed by atoms with Gasteiger partial charge in [0.15, 0.2) is 0 Å². The molecule has 0 aliphatic carbocycles. The van der Waals surface area contributed by atoms with Crippen LogP contribution in [0.15, 0.2) is 18.3 Å². The van der Waals surface area contributed by atoms with Crippen molar-refractivity contribution in [2.45, 2.75) is 65.0 Å². The number of nitrogens with one attached hydrogen (secondary N) is 1. The van der Waals surface area contributed by atoms with Crippen LogP contribution in [0.3, 0.4) is 0 Å². The molecule has 128 valence electrons. The van der Waals surface area contributed by atoms with E-state index in [0.717, 1.165) is 31.5 Å². The smallest absolute Gasteiger partial charge is 0.413 e. The Labute approximate surface area is 139 Å². The molecule has 1 aromatic rings. The third kappa shape index (κ3) is 5.20. The van der Waals surface area contributed by atoms with E-state index in [-0.39, 0.29) is 0 Å². The summed E-state index contributed by atoms with van der Waals surface area (Å²) in [7, 11) is 0. The van der Waals surface area contributed by atoms with Gasteiger partial charge >= 0.3 is 6.09 Å². The molecule has 0 radical (unpaired) electrons. The van der Waals surface area contributed by atoms with Gasteiger partial charge in [0, 0.05) is 17.8 Å². The molecule has 1 aliphatic rings. The molecule has 2 heterocycles. The molecule has 1 N–H and O–H groups in total. The number of hydrogen-bond acceptors (Lipinski definition) is 4. The van der Waals surface area contributed by atoms with E-state index in [0.29, 0.717) is 11.9 Å². The Morgan fingerprint density at radius 2 is 2.22 bits per heavy atom. The Bertz CT molecular complexity index is 523. The first-order valence-electron chi connectivity index (χ1n) is 8.59. The molecule has 23 heavy (non-hydrogen) atoms. The zero-order valence-corrected chi connectivity index (χ0v) is 14.8.